The van der Waals surface area contributed by atoms with Gasteiger partial charge in [0.25, 0.3) is 0 Å². The molecule has 1 radical (unpaired) electrons. The van der Waals surface area contributed by atoms with Gasteiger partial charge in [-0.25, -0.2) is 0 Å². The van der Waals surface area contributed by atoms with E-state index in [1.54, 1.807) is 36.4 Å². The summed E-state index contributed by atoms with van der Waals surface area (Å²) in [6.45, 7) is 0. The van der Waals surface area contributed by atoms with Crippen LogP contribution in [0, 0.1) is 0 Å². The molecule has 0 saturated heterocycles. The minimum absolute atomic E-state index is 0.0435. The van der Waals surface area contributed by atoms with E-state index in [-0.39, 0.29) is 9.79 Å². The van der Waals surface area contributed by atoms with Gasteiger partial charge >= 0.3 is 188 Å². The molecule has 31 heavy (non-hydrogen) atoms. The Kier molecular flexibility index (Phi) is 6.14. The molecule has 4 aromatic carbocycles. The summed E-state index contributed by atoms with van der Waals surface area (Å²) in [5, 5.41) is 0. The first-order chi connectivity index (χ1) is 14.9. The maximum atomic E-state index is 13.3. The average Bonchev–Trinajstić information content (AvgIpc) is 2.80. The Hall–Kier alpha value is -2.66. The van der Waals surface area contributed by atoms with E-state index >= 15 is 0 Å². The fraction of sp³-hybridized carbons (Fsp3) is 0. The molecule has 0 N–H and O–H groups in total. The van der Waals surface area contributed by atoms with Gasteiger partial charge < -0.3 is 0 Å². The van der Waals surface area contributed by atoms with Crippen LogP contribution in [0.1, 0.15) is 0 Å². The standard InChI is InChI=1S/C24H18AsO4S2/c26-30(27,23-17-9-7-15-21(23)19-11-3-1-4-12-19)25-31(28,29)24-18-10-8-16-22(24)20-13-5-2-6-14-20/h1-18H. The van der Waals surface area contributed by atoms with Gasteiger partial charge in [-0.05, 0) is 0 Å². The van der Waals surface area contributed by atoms with E-state index in [0.717, 1.165) is 11.1 Å². The molecular formula is C24H18AsO4S2. The van der Waals surface area contributed by atoms with Crippen LogP contribution in [-0.2, 0) is 16.2 Å². The van der Waals surface area contributed by atoms with E-state index in [2.05, 4.69) is 0 Å². The van der Waals surface area contributed by atoms with E-state index in [1.807, 2.05) is 60.7 Å². The molecule has 0 fully saturated rings. The Bertz CT molecular complexity index is 1310. The molecule has 0 aliphatic heterocycles. The third-order valence-corrected chi connectivity index (χ3v) is 18.0. The molecule has 0 heterocycles. The summed E-state index contributed by atoms with van der Waals surface area (Å²) in [6, 6.07) is 31.3. The topological polar surface area (TPSA) is 68.3 Å². The van der Waals surface area contributed by atoms with Crippen LogP contribution in [0.15, 0.2) is 119 Å². The van der Waals surface area contributed by atoms with Gasteiger partial charge in [-0.15, -0.1) is 0 Å². The molecule has 155 valence electrons. The van der Waals surface area contributed by atoms with Crippen molar-refractivity contribution in [3.63, 3.8) is 0 Å². The summed E-state index contributed by atoms with van der Waals surface area (Å²) in [5.41, 5.74) is 2.46. The Labute approximate surface area is 187 Å². The van der Waals surface area contributed by atoms with Crippen LogP contribution in [0.3, 0.4) is 0 Å². The van der Waals surface area contributed by atoms with Crippen LogP contribution in [0.4, 0.5) is 0 Å². The molecule has 0 unspecified atom stereocenters. The van der Waals surface area contributed by atoms with Crippen LogP contribution in [0.5, 0.6) is 0 Å². The molecule has 0 atom stereocenters. The SMILES string of the molecule is O=S(=O)([As]S(=O)(=O)c1ccccc1-c1ccccc1)c1ccccc1-c1ccccc1. The van der Waals surface area contributed by atoms with Crippen LogP contribution < -0.4 is 0 Å². The van der Waals surface area contributed by atoms with Gasteiger partial charge in [-0.3, -0.25) is 0 Å². The van der Waals surface area contributed by atoms with Gasteiger partial charge in [0.1, 0.15) is 0 Å². The van der Waals surface area contributed by atoms with Crippen LogP contribution in [-0.4, -0.2) is 30.3 Å². The van der Waals surface area contributed by atoms with Crippen molar-refractivity contribution >= 4 is 29.6 Å². The second-order valence-electron chi connectivity index (χ2n) is 6.75. The van der Waals surface area contributed by atoms with Crippen molar-refractivity contribution in [1.29, 1.82) is 0 Å². The van der Waals surface area contributed by atoms with Gasteiger partial charge in [-0.2, -0.15) is 0 Å². The number of hydrogen-bond donors (Lipinski definition) is 0. The van der Waals surface area contributed by atoms with Crippen molar-refractivity contribution in [3.05, 3.63) is 109 Å². The zero-order valence-electron chi connectivity index (χ0n) is 16.3. The van der Waals surface area contributed by atoms with Crippen molar-refractivity contribution in [2.75, 3.05) is 0 Å². The Morgan fingerprint density at radius 2 is 0.742 bits per heavy atom. The van der Waals surface area contributed by atoms with Crippen molar-refractivity contribution in [2.45, 2.75) is 9.79 Å². The van der Waals surface area contributed by atoms with Crippen LogP contribution in [0.2, 0.25) is 0 Å². The van der Waals surface area contributed by atoms with Gasteiger partial charge in [0.15, 0.2) is 0 Å². The van der Waals surface area contributed by atoms with Crippen molar-refractivity contribution in [1.82, 2.24) is 0 Å². The molecule has 0 bridgehead atoms. The van der Waals surface area contributed by atoms with Gasteiger partial charge in [0.05, 0.1) is 0 Å². The summed E-state index contributed by atoms with van der Waals surface area (Å²) in [5.74, 6) is 0. The van der Waals surface area contributed by atoms with E-state index in [4.69, 9.17) is 0 Å². The first-order valence-corrected chi connectivity index (χ1v) is 16.9. The molecule has 0 aromatic heterocycles. The Balaban J connectivity index is 1.78. The molecule has 0 saturated carbocycles. The third kappa shape index (κ3) is 4.67. The summed E-state index contributed by atoms with van der Waals surface area (Å²) >= 11 is -2.11. The molecule has 0 amide bonds. The second kappa shape index (κ2) is 8.83. The van der Waals surface area contributed by atoms with Gasteiger partial charge in [-0.1, -0.05) is 0 Å². The van der Waals surface area contributed by atoms with E-state index in [1.165, 1.54) is 12.1 Å². The van der Waals surface area contributed by atoms with E-state index in [9.17, 15) is 16.8 Å². The third-order valence-electron chi connectivity index (χ3n) is 4.70. The second-order valence-corrected chi connectivity index (χ2v) is 19.0. The monoisotopic (exact) mass is 509 g/mol. The van der Waals surface area contributed by atoms with Crippen molar-refractivity contribution in [2.24, 2.45) is 0 Å². The van der Waals surface area contributed by atoms with Crippen LogP contribution >= 0.6 is 0 Å². The zero-order chi connectivity index (χ0) is 21.9. The van der Waals surface area contributed by atoms with Gasteiger partial charge in [0, 0.05) is 0 Å². The first kappa shape index (κ1) is 21.6. The molecule has 0 spiro atoms. The van der Waals surface area contributed by atoms with Crippen molar-refractivity contribution < 1.29 is 16.8 Å². The normalized spacial score (nSPS) is 11.9. The number of hydrogen-bond acceptors (Lipinski definition) is 4. The van der Waals surface area contributed by atoms with Crippen molar-refractivity contribution in [3.8, 4) is 22.3 Å². The fourth-order valence-corrected chi connectivity index (χ4v) is 16.3. The predicted molar refractivity (Wildman–Crippen MR) is 124 cm³/mol. The molecular weight excluding hydrogens is 491 g/mol. The molecule has 7 heteroatoms. The number of benzene rings is 4. The molecule has 4 nitrogen and oxygen atoms in total. The number of rotatable bonds is 6. The average molecular weight is 509 g/mol. The summed E-state index contributed by atoms with van der Waals surface area (Å²) in [7, 11) is -8.08. The summed E-state index contributed by atoms with van der Waals surface area (Å²) in [4.78, 5) is 0.0870. The molecule has 4 aromatic rings. The molecule has 4 rings (SSSR count). The predicted octanol–water partition coefficient (Wildman–Crippen LogP) is 4.80. The summed E-state index contributed by atoms with van der Waals surface area (Å²) in [6.07, 6.45) is 0. The Morgan fingerprint density at radius 1 is 0.419 bits per heavy atom. The van der Waals surface area contributed by atoms with Gasteiger partial charge in [0.2, 0.25) is 0 Å². The first-order valence-electron chi connectivity index (χ1n) is 9.42. The fourth-order valence-electron chi connectivity index (χ4n) is 3.31. The zero-order valence-corrected chi connectivity index (χ0v) is 19.8. The minimum atomic E-state index is -4.04. The van der Waals surface area contributed by atoms with E-state index in [0.29, 0.717) is 11.1 Å². The van der Waals surface area contributed by atoms with Crippen LogP contribution in [0.25, 0.3) is 22.3 Å². The van der Waals surface area contributed by atoms with E-state index < -0.39 is 29.6 Å². The molecule has 0 aliphatic carbocycles. The Morgan fingerprint density at radius 3 is 1.13 bits per heavy atom. The summed E-state index contributed by atoms with van der Waals surface area (Å²) < 4.78 is 53.3. The quantitative estimate of drug-likeness (QED) is 0.350. The molecule has 0 aliphatic rings. The maximum absolute atomic E-state index is 13.3.